The van der Waals surface area contributed by atoms with Crippen LogP contribution in [-0.4, -0.2) is 21.1 Å². The number of amides is 1. The number of nitro groups is 1. The predicted octanol–water partition coefficient (Wildman–Crippen LogP) is 4.94. The summed E-state index contributed by atoms with van der Waals surface area (Å²) in [5.74, 6) is -0.288. The zero-order valence-corrected chi connectivity index (χ0v) is 18.9. The Balaban J connectivity index is 1.76. The number of aromatic nitrogens is 1. The maximum atomic E-state index is 12.4. The van der Waals surface area contributed by atoms with Crippen molar-refractivity contribution in [2.24, 2.45) is 10.2 Å². The lowest BCUT2D eigenvalue weighted by atomic mass is 10.1. The van der Waals surface area contributed by atoms with Gasteiger partial charge in [-0.1, -0.05) is 29.3 Å². The molecule has 158 valence electrons. The number of carbonyl (C=O) groups is 1. The monoisotopic (exact) mass is 499 g/mol. The zero-order valence-electron chi connectivity index (χ0n) is 16.5. The molecule has 0 saturated carbocycles. The number of hydrogen-bond donors (Lipinski definition) is 1. The predicted molar refractivity (Wildman–Crippen MR) is 124 cm³/mol. The Bertz CT molecular complexity index is 1260. The fourth-order valence-electron chi connectivity index (χ4n) is 3.24. The van der Waals surface area contributed by atoms with Crippen LogP contribution in [0.1, 0.15) is 25.3 Å². The molecule has 0 bridgehead atoms. The van der Waals surface area contributed by atoms with Gasteiger partial charge in [0.1, 0.15) is 0 Å². The summed E-state index contributed by atoms with van der Waals surface area (Å²) in [5, 5.41) is 24.4. The molecule has 1 N–H and O–H groups in total. The summed E-state index contributed by atoms with van der Waals surface area (Å²) in [5.41, 5.74) is 3.50. The molecule has 3 aromatic rings. The molecule has 4 rings (SSSR count). The Morgan fingerprint density at radius 2 is 1.97 bits per heavy atom. The molecule has 0 spiro atoms. The number of nitro benzene ring substituents is 1. The third kappa shape index (κ3) is 4.35. The van der Waals surface area contributed by atoms with Gasteiger partial charge in [0.2, 0.25) is 4.80 Å². The van der Waals surface area contributed by atoms with Gasteiger partial charge in [0.05, 0.1) is 16.3 Å². The highest BCUT2D eigenvalue weighted by molar-refractivity contribution is 9.10. The summed E-state index contributed by atoms with van der Waals surface area (Å²) in [6.45, 7) is 2.83. The summed E-state index contributed by atoms with van der Waals surface area (Å²) < 4.78 is 2.89. The van der Waals surface area contributed by atoms with E-state index in [0.29, 0.717) is 16.1 Å². The quantitative estimate of drug-likeness (QED) is 0.383. The molecule has 8 nitrogen and oxygen atoms in total. The van der Waals surface area contributed by atoms with Crippen molar-refractivity contribution in [3.05, 3.63) is 72.8 Å². The number of thiazole rings is 1. The molecule has 1 amide bonds. The summed E-state index contributed by atoms with van der Waals surface area (Å²) in [6.07, 6.45) is 1.94. The van der Waals surface area contributed by atoms with E-state index in [4.69, 9.17) is 0 Å². The second kappa shape index (κ2) is 8.94. The van der Waals surface area contributed by atoms with E-state index in [1.807, 2.05) is 28.1 Å². The van der Waals surface area contributed by atoms with Gasteiger partial charge in [-0.25, -0.2) is 0 Å². The average Bonchev–Trinajstić information content (AvgIpc) is 3.30. The minimum atomic E-state index is -0.414. The fourth-order valence-corrected chi connectivity index (χ4v) is 4.49. The SMILES string of the molecule is CCCCn1c(-c2ccc([N+](=O)[O-])cc2)cs/c1=N/N=C1\C(=O)Nc2ccc(Br)cc21. The third-order valence-electron chi connectivity index (χ3n) is 4.84. The van der Waals surface area contributed by atoms with Gasteiger partial charge < -0.3 is 9.88 Å². The molecule has 1 aliphatic heterocycles. The van der Waals surface area contributed by atoms with E-state index >= 15 is 0 Å². The molecule has 10 heteroatoms. The molecular formula is C21H18BrN5O3S. The van der Waals surface area contributed by atoms with Crippen molar-refractivity contribution in [2.45, 2.75) is 26.3 Å². The van der Waals surface area contributed by atoms with Crippen LogP contribution >= 0.6 is 27.3 Å². The molecule has 0 radical (unpaired) electrons. The van der Waals surface area contributed by atoms with E-state index in [-0.39, 0.29) is 17.3 Å². The van der Waals surface area contributed by atoms with Crippen LogP contribution in [-0.2, 0) is 11.3 Å². The van der Waals surface area contributed by atoms with E-state index < -0.39 is 4.92 Å². The first-order valence-corrected chi connectivity index (χ1v) is 11.3. The number of carbonyl (C=O) groups excluding carboxylic acids is 1. The topological polar surface area (TPSA) is 102 Å². The van der Waals surface area contributed by atoms with E-state index in [1.54, 1.807) is 12.1 Å². The highest BCUT2D eigenvalue weighted by Crippen LogP contribution is 2.27. The first-order chi connectivity index (χ1) is 15.0. The van der Waals surface area contributed by atoms with Crippen LogP contribution < -0.4 is 10.1 Å². The standard InChI is InChI=1S/C21H18BrN5O3S/c1-2-3-10-26-18(13-4-7-15(8-5-13)27(29)30)12-31-21(26)25-24-19-16-11-14(22)6-9-17(16)23-20(19)28/h4-9,11-12H,2-3,10H2,1H3,(H,23,24,28)/b25-21+. The molecule has 2 aromatic carbocycles. The molecule has 2 heterocycles. The summed E-state index contributed by atoms with van der Waals surface area (Å²) in [6, 6.07) is 12.0. The molecule has 1 aliphatic rings. The van der Waals surface area contributed by atoms with E-state index in [0.717, 1.165) is 35.1 Å². The Hall–Kier alpha value is -3.11. The van der Waals surface area contributed by atoms with Crippen molar-refractivity contribution in [1.82, 2.24) is 4.57 Å². The van der Waals surface area contributed by atoms with E-state index in [1.165, 1.54) is 23.5 Å². The Labute approximate surface area is 190 Å². The van der Waals surface area contributed by atoms with Crippen LogP contribution in [0.2, 0.25) is 0 Å². The first kappa shape index (κ1) is 21.1. The normalized spacial score (nSPS) is 14.7. The van der Waals surface area contributed by atoms with E-state index in [2.05, 4.69) is 38.4 Å². The largest absolute Gasteiger partial charge is 0.320 e. The molecule has 0 aliphatic carbocycles. The lowest BCUT2D eigenvalue weighted by molar-refractivity contribution is -0.384. The van der Waals surface area contributed by atoms with Crippen LogP contribution in [0.4, 0.5) is 11.4 Å². The third-order valence-corrected chi connectivity index (χ3v) is 6.19. The Kier molecular flexibility index (Phi) is 6.10. The summed E-state index contributed by atoms with van der Waals surface area (Å²) in [7, 11) is 0. The van der Waals surface area contributed by atoms with Crippen LogP contribution in [0.3, 0.4) is 0 Å². The van der Waals surface area contributed by atoms with Gasteiger partial charge in [-0.05, 0) is 42.3 Å². The van der Waals surface area contributed by atoms with Gasteiger partial charge in [0, 0.05) is 34.1 Å². The van der Waals surface area contributed by atoms with Gasteiger partial charge in [-0.2, -0.15) is 0 Å². The van der Waals surface area contributed by atoms with Crippen molar-refractivity contribution in [3.8, 4) is 11.3 Å². The van der Waals surface area contributed by atoms with Gasteiger partial charge in [0.25, 0.3) is 11.6 Å². The molecule has 0 atom stereocenters. The summed E-state index contributed by atoms with van der Waals surface area (Å²) >= 11 is 4.84. The smallest absolute Gasteiger partial charge is 0.276 e. The number of hydrogen-bond acceptors (Lipinski definition) is 6. The number of benzene rings is 2. The number of anilines is 1. The van der Waals surface area contributed by atoms with Crippen molar-refractivity contribution >= 4 is 50.3 Å². The minimum Gasteiger partial charge on any atom is -0.320 e. The van der Waals surface area contributed by atoms with Crippen LogP contribution in [0.15, 0.2) is 62.5 Å². The van der Waals surface area contributed by atoms with E-state index in [9.17, 15) is 14.9 Å². The van der Waals surface area contributed by atoms with Crippen LogP contribution in [0.5, 0.6) is 0 Å². The molecule has 31 heavy (non-hydrogen) atoms. The Morgan fingerprint density at radius 1 is 1.19 bits per heavy atom. The van der Waals surface area contributed by atoms with Gasteiger partial charge in [-0.3, -0.25) is 14.9 Å². The molecule has 0 saturated heterocycles. The van der Waals surface area contributed by atoms with Crippen molar-refractivity contribution in [1.29, 1.82) is 0 Å². The second-order valence-electron chi connectivity index (χ2n) is 6.91. The first-order valence-electron chi connectivity index (χ1n) is 9.64. The number of rotatable bonds is 6. The number of fused-ring (bicyclic) bond motifs is 1. The number of nitrogens with zero attached hydrogens (tertiary/aromatic N) is 4. The van der Waals surface area contributed by atoms with Crippen molar-refractivity contribution in [2.75, 3.05) is 5.32 Å². The number of nitrogens with one attached hydrogen (secondary N) is 1. The molecule has 1 aromatic heterocycles. The van der Waals surface area contributed by atoms with Gasteiger partial charge in [-0.15, -0.1) is 21.5 Å². The average molecular weight is 500 g/mol. The van der Waals surface area contributed by atoms with Crippen LogP contribution in [0, 0.1) is 10.1 Å². The van der Waals surface area contributed by atoms with Gasteiger partial charge >= 0.3 is 0 Å². The fraction of sp³-hybridized carbons (Fsp3) is 0.190. The molecular weight excluding hydrogens is 482 g/mol. The summed E-state index contributed by atoms with van der Waals surface area (Å²) in [4.78, 5) is 23.5. The van der Waals surface area contributed by atoms with Gasteiger partial charge in [0.15, 0.2) is 5.71 Å². The number of unbranched alkanes of at least 4 members (excludes halogenated alkanes) is 1. The lowest BCUT2D eigenvalue weighted by Gasteiger charge is -2.08. The van der Waals surface area contributed by atoms with Crippen LogP contribution in [0.25, 0.3) is 11.3 Å². The highest BCUT2D eigenvalue weighted by atomic mass is 79.9. The maximum Gasteiger partial charge on any atom is 0.276 e. The number of non-ortho nitro benzene ring substituents is 1. The lowest BCUT2D eigenvalue weighted by Crippen LogP contribution is -2.17. The molecule has 0 unspecified atom stereocenters. The van der Waals surface area contributed by atoms with Crippen molar-refractivity contribution < 1.29 is 9.72 Å². The zero-order chi connectivity index (χ0) is 22.0. The number of halogens is 1. The highest BCUT2D eigenvalue weighted by Gasteiger charge is 2.26. The Morgan fingerprint density at radius 3 is 2.68 bits per heavy atom. The molecule has 0 fully saturated rings. The second-order valence-corrected chi connectivity index (χ2v) is 8.66. The maximum absolute atomic E-state index is 12.4. The minimum absolute atomic E-state index is 0.0486. The van der Waals surface area contributed by atoms with Crippen molar-refractivity contribution in [3.63, 3.8) is 0 Å².